The summed E-state index contributed by atoms with van der Waals surface area (Å²) in [4.78, 5) is 4.50. The number of para-hydroxylation sites is 1. The minimum Gasteiger partial charge on any atom is -0.355 e. The minimum atomic E-state index is -3.51. The van der Waals surface area contributed by atoms with Gasteiger partial charge in [-0.25, -0.2) is 18.5 Å². The molecule has 0 aliphatic heterocycles. The van der Waals surface area contributed by atoms with Gasteiger partial charge in [-0.05, 0) is 24.6 Å². The van der Waals surface area contributed by atoms with E-state index in [0.717, 1.165) is 11.3 Å². The summed E-state index contributed by atoms with van der Waals surface area (Å²) in [6, 6.07) is 17.6. The van der Waals surface area contributed by atoms with Crippen LogP contribution in [-0.2, 0) is 16.6 Å². The number of hydrogen-bond acceptors (Lipinski definition) is 3. The number of aliphatic imine (C=N–C) groups is 1. The first-order chi connectivity index (χ1) is 11.4. The molecule has 24 heavy (non-hydrogen) atoms. The van der Waals surface area contributed by atoms with Gasteiger partial charge < -0.3 is 10.6 Å². The second-order valence-electron chi connectivity index (χ2n) is 5.44. The van der Waals surface area contributed by atoms with Crippen molar-refractivity contribution in [2.24, 2.45) is 10.1 Å². The van der Waals surface area contributed by atoms with Crippen molar-refractivity contribution < 1.29 is 8.42 Å². The number of sulfonamides is 1. The second-order valence-corrected chi connectivity index (χ2v) is 7.17. The van der Waals surface area contributed by atoms with Crippen LogP contribution in [0.5, 0.6) is 0 Å². The Labute approximate surface area is 142 Å². The molecule has 4 N–H and O–H groups in total. The maximum absolute atomic E-state index is 11.1. The quantitative estimate of drug-likeness (QED) is 0.549. The Morgan fingerprint density at radius 1 is 1.08 bits per heavy atom. The zero-order chi connectivity index (χ0) is 17.4. The molecule has 0 spiro atoms. The Morgan fingerprint density at radius 3 is 2.38 bits per heavy atom. The van der Waals surface area contributed by atoms with Gasteiger partial charge in [0.1, 0.15) is 0 Å². The zero-order valence-corrected chi connectivity index (χ0v) is 14.4. The van der Waals surface area contributed by atoms with Crippen LogP contribution in [0.15, 0.2) is 59.6 Å². The monoisotopic (exact) mass is 346 g/mol. The number of benzene rings is 2. The van der Waals surface area contributed by atoms with Gasteiger partial charge >= 0.3 is 0 Å². The average molecular weight is 346 g/mol. The van der Waals surface area contributed by atoms with Crippen molar-refractivity contribution in [3.05, 3.63) is 65.7 Å². The van der Waals surface area contributed by atoms with Gasteiger partial charge in [0.15, 0.2) is 5.96 Å². The summed E-state index contributed by atoms with van der Waals surface area (Å²) >= 11 is 0. The van der Waals surface area contributed by atoms with E-state index < -0.39 is 10.0 Å². The summed E-state index contributed by atoms with van der Waals surface area (Å²) in [5.74, 6) is 0.345. The van der Waals surface area contributed by atoms with E-state index >= 15 is 0 Å². The van der Waals surface area contributed by atoms with E-state index in [0.29, 0.717) is 12.5 Å². The molecule has 0 radical (unpaired) electrons. The van der Waals surface area contributed by atoms with Gasteiger partial charge in [-0.15, -0.1) is 0 Å². The number of anilines is 1. The molecule has 0 saturated carbocycles. The molecule has 128 valence electrons. The normalized spacial score (nSPS) is 12.0. The van der Waals surface area contributed by atoms with Crippen LogP contribution in [0.2, 0.25) is 0 Å². The van der Waals surface area contributed by atoms with Crippen molar-refractivity contribution in [2.45, 2.75) is 13.5 Å². The number of nitrogens with two attached hydrogens (primary N) is 1. The molecule has 0 unspecified atom stereocenters. The smallest absolute Gasteiger partial charge is 0.210 e. The molecule has 2 aromatic carbocycles. The van der Waals surface area contributed by atoms with Crippen molar-refractivity contribution >= 4 is 21.7 Å². The standard InChI is InChI=1S/C17H22N4O2S/c1-14-7-9-15(10-8-14)13-20-17(19-11-12-24(18,22)23)21-16-5-3-2-4-6-16/h2-10H,11-13H2,1H3,(H2,18,22,23)(H2,19,20,21). The van der Waals surface area contributed by atoms with E-state index in [1.807, 2.05) is 61.5 Å². The highest BCUT2D eigenvalue weighted by Gasteiger charge is 2.05. The van der Waals surface area contributed by atoms with Gasteiger partial charge in [-0.3, -0.25) is 0 Å². The highest BCUT2D eigenvalue weighted by atomic mass is 32.2. The molecular weight excluding hydrogens is 324 g/mol. The lowest BCUT2D eigenvalue weighted by Crippen LogP contribution is -2.35. The topological polar surface area (TPSA) is 96.6 Å². The largest absolute Gasteiger partial charge is 0.355 e. The molecule has 0 aliphatic rings. The number of primary sulfonamides is 1. The first-order valence-electron chi connectivity index (χ1n) is 7.59. The first kappa shape index (κ1) is 18.0. The number of guanidine groups is 1. The van der Waals surface area contributed by atoms with Gasteiger partial charge in [-0.2, -0.15) is 0 Å². The van der Waals surface area contributed by atoms with E-state index in [2.05, 4.69) is 15.6 Å². The van der Waals surface area contributed by atoms with E-state index in [9.17, 15) is 8.42 Å². The minimum absolute atomic E-state index is 0.160. The van der Waals surface area contributed by atoms with Crippen LogP contribution in [0, 0.1) is 6.92 Å². The summed E-state index contributed by atoms with van der Waals surface area (Å²) < 4.78 is 22.1. The van der Waals surface area contributed by atoms with Crippen molar-refractivity contribution in [1.29, 1.82) is 0 Å². The van der Waals surface area contributed by atoms with Gasteiger partial charge in [0, 0.05) is 12.2 Å². The molecule has 0 atom stereocenters. The molecular formula is C17H22N4O2S. The molecule has 0 saturated heterocycles. The predicted molar refractivity (Wildman–Crippen MR) is 98.4 cm³/mol. The van der Waals surface area contributed by atoms with Crippen molar-refractivity contribution in [1.82, 2.24) is 5.32 Å². The number of aryl methyl sites for hydroxylation is 1. The van der Waals surface area contributed by atoms with E-state index in [4.69, 9.17) is 5.14 Å². The molecule has 0 fully saturated rings. The van der Waals surface area contributed by atoms with Crippen LogP contribution in [0.1, 0.15) is 11.1 Å². The van der Waals surface area contributed by atoms with Gasteiger partial charge in [0.2, 0.25) is 10.0 Å². The Kier molecular flexibility index (Phi) is 6.34. The molecule has 2 rings (SSSR count). The van der Waals surface area contributed by atoms with Crippen LogP contribution in [-0.4, -0.2) is 26.7 Å². The van der Waals surface area contributed by atoms with Crippen LogP contribution in [0.25, 0.3) is 0 Å². The lowest BCUT2D eigenvalue weighted by molar-refractivity contribution is 0.596. The molecule has 6 nitrogen and oxygen atoms in total. The molecule has 2 aromatic rings. The number of nitrogens with zero attached hydrogens (tertiary/aromatic N) is 1. The Hall–Kier alpha value is -2.38. The van der Waals surface area contributed by atoms with E-state index in [-0.39, 0.29) is 12.3 Å². The van der Waals surface area contributed by atoms with Crippen LogP contribution in [0.4, 0.5) is 5.69 Å². The van der Waals surface area contributed by atoms with E-state index in [1.54, 1.807) is 0 Å². The third-order valence-electron chi connectivity index (χ3n) is 3.26. The highest BCUT2D eigenvalue weighted by molar-refractivity contribution is 7.89. The zero-order valence-electron chi connectivity index (χ0n) is 13.6. The summed E-state index contributed by atoms with van der Waals surface area (Å²) in [7, 11) is -3.51. The summed E-state index contributed by atoms with van der Waals surface area (Å²) in [6.07, 6.45) is 0. The Balaban J connectivity index is 2.05. The lowest BCUT2D eigenvalue weighted by atomic mass is 10.1. The van der Waals surface area contributed by atoms with Crippen LogP contribution < -0.4 is 15.8 Å². The van der Waals surface area contributed by atoms with Crippen LogP contribution >= 0.6 is 0 Å². The fraction of sp³-hybridized carbons (Fsp3) is 0.235. The Bertz CT molecular complexity index is 772. The van der Waals surface area contributed by atoms with E-state index in [1.165, 1.54) is 5.56 Å². The van der Waals surface area contributed by atoms with Crippen LogP contribution in [0.3, 0.4) is 0 Å². The Morgan fingerprint density at radius 2 is 1.75 bits per heavy atom. The molecule has 7 heteroatoms. The molecule has 0 aromatic heterocycles. The van der Waals surface area contributed by atoms with Crippen molar-refractivity contribution in [3.8, 4) is 0 Å². The third kappa shape index (κ3) is 6.80. The number of rotatable bonds is 6. The summed E-state index contributed by atoms with van der Waals surface area (Å²) in [5, 5.41) is 11.2. The average Bonchev–Trinajstić information content (AvgIpc) is 2.54. The highest BCUT2D eigenvalue weighted by Crippen LogP contribution is 2.07. The summed E-state index contributed by atoms with van der Waals surface area (Å²) in [5.41, 5.74) is 3.13. The van der Waals surface area contributed by atoms with Gasteiger partial charge in [-0.1, -0.05) is 48.0 Å². The maximum atomic E-state index is 11.1. The number of hydrogen-bond donors (Lipinski definition) is 3. The first-order valence-corrected chi connectivity index (χ1v) is 9.30. The SMILES string of the molecule is Cc1ccc(CN=C(NCCS(N)(=O)=O)Nc2ccccc2)cc1. The predicted octanol–water partition coefficient (Wildman–Crippen LogP) is 1.84. The van der Waals surface area contributed by atoms with Gasteiger partial charge in [0.25, 0.3) is 0 Å². The van der Waals surface area contributed by atoms with Crippen molar-refractivity contribution in [3.63, 3.8) is 0 Å². The fourth-order valence-corrected chi connectivity index (χ4v) is 2.36. The second kappa shape index (κ2) is 8.47. The van der Waals surface area contributed by atoms with Gasteiger partial charge in [0.05, 0.1) is 12.3 Å². The molecule has 0 aliphatic carbocycles. The number of nitrogens with one attached hydrogen (secondary N) is 2. The molecule has 0 amide bonds. The third-order valence-corrected chi connectivity index (χ3v) is 4.03. The lowest BCUT2D eigenvalue weighted by Gasteiger charge is -2.12. The van der Waals surface area contributed by atoms with Crippen molar-refractivity contribution in [2.75, 3.05) is 17.6 Å². The maximum Gasteiger partial charge on any atom is 0.210 e. The fourth-order valence-electron chi connectivity index (χ4n) is 1.97. The summed E-state index contributed by atoms with van der Waals surface area (Å²) in [6.45, 7) is 2.70. The molecule has 0 bridgehead atoms. The molecule has 0 heterocycles.